The molecule has 0 radical (unpaired) electrons. The van der Waals surface area contributed by atoms with Crippen molar-refractivity contribution in [2.24, 2.45) is 0 Å². The second-order valence-electron chi connectivity index (χ2n) is 7.55. The Morgan fingerprint density at radius 2 is 1.82 bits per heavy atom. The van der Waals surface area contributed by atoms with Gasteiger partial charge in [-0.1, -0.05) is 24.3 Å². The molecule has 3 rings (SSSR count). The van der Waals surface area contributed by atoms with E-state index in [0.29, 0.717) is 35.7 Å². The first kappa shape index (κ1) is 24.7. The van der Waals surface area contributed by atoms with E-state index in [-0.39, 0.29) is 23.9 Å². The lowest BCUT2D eigenvalue weighted by atomic mass is 10.1. The molecular weight excluding hydrogens is 453 g/mol. The number of nitrogens with zero attached hydrogens (tertiary/aromatic N) is 4. The van der Waals surface area contributed by atoms with E-state index in [4.69, 9.17) is 0 Å². The first-order chi connectivity index (χ1) is 16.1. The molecule has 180 valence electrons. The lowest BCUT2D eigenvalue weighted by Gasteiger charge is -2.14. The van der Waals surface area contributed by atoms with Crippen molar-refractivity contribution in [3.63, 3.8) is 0 Å². The third kappa shape index (κ3) is 7.59. The minimum atomic E-state index is -4.81. The number of non-ortho nitro benzene ring substituents is 1. The molecule has 2 N–H and O–H groups in total. The van der Waals surface area contributed by atoms with Crippen molar-refractivity contribution < 1.29 is 22.8 Å². The molecule has 1 aromatic heterocycles. The van der Waals surface area contributed by atoms with E-state index in [1.807, 2.05) is 19.0 Å². The molecule has 0 aliphatic rings. The number of alkyl halides is 3. The van der Waals surface area contributed by atoms with Gasteiger partial charge in [-0.3, -0.25) is 10.1 Å². The molecule has 12 heteroatoms. The molecule has 34 heavy (non-hydrogen) atoms. The second-order valence-corrected chi connectivity index (χ2v) is 7.55. The van der Waals surface area contributed by atoms with Gasteiger partial charge >= 0.3 is 6.36 Å². The van der Waals surface area contributed by atoms with Gasteiger partial charge in [-0.25, -0.2) is 4.98 Å². The van der Waals surface area contributed by atoms with Gasteiger partial charge in [-0.05, 0) is 31.8 Å². The highest BCUT2D eigenvalue weighted by Crippen LogP contribution is 2.28. The molecule has 0 amide bonds. The lowest BCUT2D eigenvalue weighted by molar-refractivity contribution is -0.384. The van der Waals surface area contributed by atoms with Crippen LogP contribution in [0.25, 0.3) is 11.3 Å². The van der Waals surface area contributed by atoms with Crippen molar-refractivity contribution >= 4 is 17.5 Å². The minimum absolute atomic E-state index is 0.0322. The average Bonchev–Trinajstić information content (AvgIpc) is 2.76. The van der Waals surface area contributed by atoms with Crippen LogP contribution in [0.5, 0.6) is 5.75 Å². The number of anilines is 2. The molecule has 0 atom stereocenters. The number of ether oxygens (including phenoxy) is 1. The van der Waals surface area contributed by atoms with Crippen LogP contribution >= 0.6 is 0 Å². The maximum atomic E-state index is 12.6. The van der Waals surface area contributed by atoms with Crippen LogP contribution in [-0.2, 0) is 6.54 Å². The van der Waals surface area contributed by atoms with E-state index in [9.17, 15) is 23.3 Å². The quantitative estimate of drug-likeness (QED) is 0.325. The van der Waals surface area contributed by atoms with Crippen molar-refractivity contribution in [2.45, 2.75) is 12.9 Å². The first-order valence-corrected chi connectivity index (χ1v) is 10.2. The highest BCUT2D eigenvalue weighted by atomic mass is 19.4. The number of nitro benzene ring substituents is 1. The number of benzene rings is 2. The Balaban J connectivity index is 1.87. The predicted octanol–water partition coefficient (Wildman–Crippen LogP) is 4.54. The smallest absolute Gasteiger partial charge is 0.406 e. The Morgan fingerprint density at radius 1 is 1.06 bits per heavy atom. The molecule has 0 saturated heterocycles. The molecule has 0 aliphatic carbocycles. The second kappa shape index (κ2) is 10.8. The number of aromatic nitrogens is 2. The fourth-order valence-electron chi connectivity index (χ4n) is 2.98. The maximum Gasteiger partial charge on any atom is 0.573 e. The van der Waals surface area contributed by atoms with Gasteiger partial charge in [0.2, 0.25) is 5.95 Å². The highest BCUT2D eigenvalue weighted by molar-refractivity contribution is 5.66. The van der Waals surface area contributed by atoms with Crippen LogP contribution in [0, 0.1) is 10.1 Å². The van der Waals surface area contributed by atoms with E-state index in [2.05, 4.69) is 25.3 Å². The number of hydrogen-bond acceptors (Lipinski definition) is 8. The van der Waals surface area contributed by atoms with Gasteiger partial charge in [0.1, 0.15) is 11.6 Å². The summed E-state index contributed by atoms with van der Waals surface area (Å²) in [6.07, 6.45) is -4.81. The fourth-order valence-corrected chi connectivity index (χ4v) is 2.98. The Bertz CT molecular complexity index is 1140. The standard InChI is InChI=1S/C22H23F3N6O3/c1-30(2)10-9-26-21-28-19(16-6-4-8-18(12-16)34-22(23,24)25)13-20(29-21)27-14-15-5-3-7-17(11-15)31(32)33/h3-8,11-13H,9-10,14H2,1-2H3,(H2,26,27,28,29). The van der Waals surface area contributed by atoms with Crippen molar-refractivity contribution in [2.75, 3.05) is 37.8 Å². The molecule has 0 unspecified atom stereocenters. The van der Waals surface area contributed by atoms with Gasteiger partial charge in [-0.15, -0.1) is 13.2 Å². The van der Waals surface area contributed by atoms with E-state index in [1.54, 1.807) is 24.3 Å². The predicted molar refractivity (Wildman–Crippen MR) is 122 cm³/mol. The Hall–Kier alpha value is -3.93. The highest BCUT2D eigenvalue weighted by Gasteiger charge is 2.31. The molecule has 2 aromatic carbocycles. The van der Waals surface area contributed by atoms with Crippen molar-refractivity contribution in [1.82, 2.24) is 14.9 Å². The summed E-state index contributed by atoms with van der Waals surface area (Å²) >= 11 is 0. The SMILES string of the molecule is CN(C)CCNc1nc(NCc2cccc([N+](=O)[O-])c2)cc(-c2cccc(OC(F)(F)F)c2)n1. The van der Waals surface area contributed by atoms with Crippen LogP contribution in [0.15, 0.2) is 54.6 Å². The van der Waals surface area contributed by atoms with Gasteiger partial charge in [0, 0.05) is 43.4 Å². The lowest BCUT2D eigenvalue weighted by Crippen LogP contribution is -2.21. The third-order valence-electron chi connectivity index (χ3n) is 4.53. The van der Waals surface area contributed by atoms with Gasteiger partial charge in [0.25, 0.3) is 5.69 Å². The van der Waals surface area contributed by atoms with Crippen molar-refractivity contribution in [1.29, 1.82) is 0 Å². The number of nitrogens with one attached hydrogen (secondary N) is 2. The fraction of sp³-hybridized carbons (Fsp3) is 0.273. The van der Waals surface area contributed by atoms with E-state index in [0.717, 1.165) is 0 Å². The number of nitro groups is 1. The van der Waals surface area contributed by atoms with Gasteiger partial charge < -0.3 is 20.3 Å². The number of hydrogen-bond donors (Lipinski definition) is 2. The van der Waals surface area contributed by atoms with E-state index >= 15 is 0 Å². The molecule has 0 bridgehead atoms. The zero-order valence-electron chi connectivity index (χ0n) is 18.5. The summed E-state index contributed by atoms with van der Waals surface area (Å²) in [5.74, 6) is 0.311. The van der Waals surface area contributed by atoms with Crippen LogP contribution in [-0.4, -0.2) is 53.3 Å². The molecule has 0 saturated carbocycles. The first-order valence-electron chi connectivity index (χ1n) is 10.2. The summed E-state index contributed by atoms with van der Waals surface area (Å²) in [6.45, 7) is 1.49. The summed E-state index contributed by atoms with van der Waals surface area (Å²) in [5, 5.41) is 17.2. The normalized spacial score (nSPS) is 11.4. The zero-order valence-corrected chi connectivity index (χ0v) is 18.5. The molecule has 0 aliphatic heterocycles. The average molecular weight is 476 g/mol. The van der Waals surface area contributed by atoms with Crippen LogP contribution in [0.1, 0.15) is 5.56 Å². The summed E-state index contributed by atoms with van der Waals surface area (Å²) in [6, 6.07) is 13.2. The zero-order chi connectivity index (χ0) is 24.7. The topological polar surface area (TPSA) is 105 Å². The minimum Gasteiger partial charge on any atom is -0.406 e. The monoisotopic (exact) mass is 476 g/mol. The van der Waals surface area contributed by atoms with Crippen molar-refractivity contribution in [3.8, 4) is 17.0 Å². The Morgan fingerprint density at radius 3 is 2.53 bits per heavy atom. The number of halogens is 3. The van der Waals surface area contributed by atoms with E-state index < -0.39 is 11.3 Å². The number of rotatable bonds is 10. The van der Waals surface area contributed by atoms with Gasteiger partial charge in [-0.2, -0.15) is 4.98 Å². The molecule has 3 aromatic rings. The summed E-state index contributed by atoms with van der Waals surface area (Å²) in [5.41, 5.74) is 1.40. The van der Waals surface area contributed by atoms with Crippen molar-refractivity contribution in [3.05, 3.63) is 70.3 Å². The summed E-state index contributed by atoms with van der Waals surface area (Å²) in [7, 11) is 3.83. The summed E-state index contributed by atoms with van der Waals surface area (Å²) < 4.78 is 41.9. The maximum absolute atomic E-state index is 12.6. The molecular formula is C22H23F3N6O3. The van der Waals surface area contributed by atoms with E-state index in [1.165, 1.54) is 30.3 Å². The third-order valence-corrected chi connectivity index (χ3v) is 4.53. The molecule has 0 spiro atoms. The Kier molecular flexibility index (Phi) is 7.84. The molecule has 9 nitrogen and oxygen atoms in total. The van der Waals surface area contributed by atoms with Crippen LogP contribution < -0.4 is 15.4 Å². The molecule has 0 fully saturated rings. The van der Waals surface area contributed by atoms with Crippen LogP contribution in [0.3, 0.4) is 0 Å². The van der Waals surface area contributed by atoms with Gasteiger partial charge in [0.15, 0.2) is 0 Å². The van der Waals surface area contributed by atoms with Crippen LogP contribution in [0.2, 0.25) is 0 Å². The molecule has 1 heterocycles. The van der Waals surface area contributed by atoms with Crippen LogP contribution in [0.4, 0.5) is 30.6 Å². The van der Waals surface area contributed by atoms with Gasteiger partial charge in [0.05, 0.1) is 10.6 Å². The summed E-state index contributed by atoms with van der Waals surface area (Å²) in [4.78, 5) is 21.3. The number of likely N-dealkylation sites (N-methyl/N-ethyl adjacent to an activating group) is 1. The Labute approximate surface area is 193 Å². The largest absolute Gasteiger partial charge is 0.573 e.